The molecular formula is C13H17F4NO4S. The summed E-state index contributed by atoms with van der Waals surface area (Å²) in [5.74, 6) is -0.723. The summed E-state index contributed by atoms with van der Waals surface area (Å²) in [4.78, 5) is 1.42. The molecular weight excluding hydrogens is 342 g/mol. The van der Waals surface area contributed by atoms with E-state index in [1.54, 1.807) is 0 Å². The van der Waals surface area contributed by atoms with Crippen LogP contribution in [0.5, 0.6) is 5.75 Å². The predicted octanol–water partition coefficient (Wildman–Crippen LogP) is 1.20. The summed E-state index contributed by atoms with van der Waals surface area (Å²) in [6.07, 6.45) is -4.12. The van der Waals surface area contributed by atoms with Crippen molar-refractivity contribution in [2.75, 3.05) is 21.1 Å². The van der Waals surface area contributed by atoms with Crippen molar-refractivity contribution in [2.24, 2.45) is 0 Å². The molecule has 1 rings (SSSR count). The minimum absolute atomic E-state index is 0.499. The molecule has 0 aromatic heterocycles. The van der Waals surface area contributed by atoms with Crippen molar-refractivity contribution in [3.05, 3.63) is 36.4 Å². The third kappa shape index (κ3) is 6.16. The molecule has 1 N–H and O–H groups in total. The maximum Gasteiger partial charge on any atom is 0.479 e. The van der Waals surface area contributed by atoms with Crippen molar-refractivity contribution in [3.8, 4) is 5.75 Å². The molecule has 0 spiro atoms. The van der Waals surface area contributed by atoms with E-state index in [1.165, 1.54) is 23.1 Å². The number of hydrogen-bond donors (Lipinski definition) is 1. The van der Waals surface area contributed by atoms with Gasteiger partial charge in [0.1, 0.15) is 5.75 Å². The molecule has 132 valence electrons. The lowest BCUT2D eigenvalue weighted by atomic mass is 10.2. The molecule has 0 heterocycles. The number of alkyl halides is 4. The van der Waals surface area contributed by atoms with Crippen LogP contribution in [0.15, 0.2) is 30.8 Å². The number of ether oxygens (including phenoxy) is 1. The summed E-state index contributed by atoms with van der Waals surface area (Å²) in [6.45, 7) is 3.38. The van der Waals surface area contributed by atoms with Crippen molar-refractivity contribution in [3.63, 3.8) is 0 Å². The Morgan fingerprint density at radius 1 is 1.13 bits per heavy atom. The lowest BCUT2D eigenvalue weighted by Gasteiger charge is -2.27. The first-order chi connectivity index (χ1) is 10.2. The number of rotatable bonds is 5. The fraction of sp³-hybridized carbons (Fsp3) is 0.385. The van der Waals surface area contributed by atoms with Crippen LogP contribution >= 0.6 is 0 Å². The summed E-state index contributed by atoms with van der Waals surface area (Å²) < 4.78 is 85.4. The van der Waals surface area contributed by atoms with E-state index in [0.29, 0.717) is 5.56 Å². The number of benzene rings is 1. The van der Waals surface area contributed by atoms with Gasteiger partial charge in [0.05, 0.1) is 21.1 Å². The SMILES string of the molecule is C=Cc1ccc(OC(F)(F)C(F)(F)S(=O)(=O)[O-])cc1.C[NH+](C)C. The summed E-state index contributed by atoms with van der Waals surface area (Å²) in [6, 6.07) is 4.25. The lowest BCUT2D eigenvalue weighted by Crippen LogP contribution is -3.02. The minimum Gasteiger partial charge on any atom is -0.743 e. The average molecular weight is 359 g/mol. The molecule has 0 atom stereocenters. The zero-order chi connectivity index (χ0) is 18.5. The second-order valence-corrected chi connectivity index (χ2v) is 6.28. The zero-order valence-corrected chi connectivity index (χ0v) is 13.5. The highest BCUT2D eigenvalue weighted by molar-refractivity contribution is 7.86. The predicted molar refractivity (Wildman–Crippen MR) is 75.5 cm³/mol. The van der Waals surface area contributed by atoms with Gasteiger partial charge >= 0.3 is 11.4 Å². The molecule has 10 heteroatoms. The third-order valence-corrected chi connectivity index (χ3v) is 2.88. The van der Waals surface area contributed by atoms with E-state index in [1.807, 2.05) is 0 Å². The first-order valence-electron chi connectivity index (χ1n) is 6.14. The monoisotopic (exact) mass is 359 g/mol. The number of hydrogen-bond acceptors (Lipinski definition) is 4. The minimum atomic E-state index is -6.57. The van der Waals surface area contributed by atoms with Crippen molar-refractivity contribution < 1.29 is 40.2 Å². The van der Waals surface area contributed by atoms with Gasteiger partial charge in [-0.1, -0.05) is 24.8 Å². The van der Waals surface area contributed by atoms with Crippen molar-refractivity contribution in [1.82, 2.24) is 0 Å². The second-order valence-electron chi connectivity index (χ2n) is 4.86. The van der Waals surface area contributed by atoms with Gasteiger partial charge in [0.25, 0.3) is 0 Å². The maximum atomic E-state index is 13.0. The fourth-order valence-electron chi connectivity index (χ4n) is 1.02. The normalized spacial score (nSPS) is 12.4. The Balaban J connectivity index is 0.00000108. The number of nitrogens with one attached hydrogen (secondary N) is 1. The van der Waals surface area contributed by atoms with Crippen LogP contribution in [-0.4, -0.2) is 45.5 Å². The molecule has 0 unspecified atom stereocenters. The van der Waals surface area contributed by atoms with Crippen LogP contribution in [0.25, 0.3) is 6.08 Å². The van der Waals surface area contributed by atoms with E-state index in [-0.39, 0.29) is 0 Å². The lowest BCUT2D eigenvalue weighted by molar-refractivity contribution is -0.836. The Hall–Kier alpha value is -1.65. The molecule has 1 aromatic carbocycles. The zero-order valence-electron chi connectivity index (χ0n) is 12.6. The van der Waals surface area contributed by atoms with E-state index in [4.69, 9.17) is 0 Å². The van der Waals surface area contributed by atoms with E-state index < -0.39 is 27.2 Å². The molecule has 0 aliphatic heterocycles. The van der Waals surface area contributed by atoms with E-state index >= 15 is 0 Å². The Bertz CT molecular complexity index is 613. The van der Waals surface area contributed by atoms with E-state index in [9.17, 15) is 30.5 Å². The molecule has 0 aliphatic carbocycles. The molecule has 0 saturated heterocycles. The molecule has 1 aromatic rings. The number of halogens is 4. The summed E-state index contributed by atoms with van der Waals surface area (Å²) in [5.41, 5.74) is 0.499. The molecule has 5 nitrogen and oxygen atoms in total. The van der Waals surface area contributed by atoms with Crippen molar-refractivity contribution in [2.45, 2.75) is 11.4 Å². The number of quaternary nitrogens is 1. The summed E-state index contributed by atoms with van der Waals surface area (Å²) in [5, 5.41) is -5.88. The van der Waals surface area contributed by atoms with Gasteiger partial charge in [0.2, 0.25) is 0 Å². The van der Waals surface area contributed by atoms with E-state index in [2.05, 4.69) is 32.5 Å². The van der Waals surface area contributed by atoms with Crippen molar-refractivity contribution >= 4 is 16.2 Å². The second kappa shape index (κ2) is 7.75. The van der Waals surface area contributed by atoms with Gasteiger partial charge in [0.15, 0.2) is 10.1 Å². The van der Waals surface area contributed by atoms with Gasteiger partial charge in [-0.05, 0) is 17.7 Å². The van der Waals surface area contributed by atoms with Gasteiger partial charge in [0, 0.05) is 0 Å². The highest BCUT2D eigenvalue weighted by Gasteiger charge is 2.65. The van der Waals surface area contributed by atoms with E-state index in [0.717, 1.165) is 12.1 Å². The molecule has 23 heavy (non-hydrogen) atoms. The van der Waals surface area contributed by atoms with Crippen LogP contribution < -0.4 is 9.64 Å². The average Bonchev–Trinajstić information content (AvgIpc) is 2.37. The molecule has 0 saturated carbocycles. The van der Waals surface area contributed by atoms with Gasteiger partial charge in [-0.3, -0.25) is 0 Å². The quantitative estimate of drug-likeness (QED) is 0.634. The molecule has 0 bridgehead atoms. The Morgan fingerprint density at radius 2 is 1.52 bits per heavy atom. The maximum absolute atomic E-state index is 13.0. The Kier molecular flexibility index (Phi) is 7.20. The van der Waals surface area contributed by atoms with Crippen LogP contribution in [0.3, 0.4) is 0 Å². The smallest absolute Gasteiger partial charge is 0.479 e. The molecule has 0 amide bonds. The molecule has 0 radical (unpaired) electrons. The van der Waals surface area contributed by atoms with Crippen LogP contribution in [0.2, 0.25) is 0 Å². The molecule has 0 aliphatic rings. The summed E-state index contributed by atoms with van der Waals surface area (Å²) in [7, 11) is -0.317. The first kappa shape index (κ1) is 21.4. The third-order valence-electron chi connectivity index (χ3n) is 2.01. The van der Waals surface area contributed by atoms with Crippen LogP contribution in [0, 0.1) is 0 Å². The highest BCUT2D eigenvalue weighted by Crippen LogP contribution is 2.39. The largest absolute Gasteiger partial charge is 0.743 e. The fourth-order valence-corrected chi connectivity index (χ4v) is 1.36. The van der Waals surface area contributed by atoms with Crippen LogP contribution in [0.1, 0.15) is 5.56 Å². The van der Waals surface area contributed by atoms with Crippen LogP contribution in [-0.2, 0) is 10.1 Å². The van der Waals surface area contributed by atoms with Gasteiger partial charge in [-0.15, -0.1) is 0 Å². The van der Waals surface area contributed by atoms with Crippen molar-refractivity contribution in [1.29, 1.82) is 0 Å². The first-order valence-corrected chi connectivity index (χ1v) is 7.54. The molecule has 0 fully saturated rings. The van der Waals surface area contributed by atoms with Gasteiger partial charge < -0.3 is 14.2 Å². The standard InChI is InChI=1S/C10H8F4O4S.C3H9N/c1-2-7-3-5-8(6-4-7)18-9(11,12)10(13,14)19(15,16)17;1-4(2)3/h2-6H,1H2,(H,15,16,17);1-3H3. The van der Waals surface area contributed by atoms with Crippen LogP contribution in [0.4, 0.5) is 17.6 Å². The summed E-state index contributed by atoms with van der Waals surface area (Å²) >= 11 is 0. The highest BCUT2D eigenvalue weighted by atomic mass is 32.2. The Labute approximate surface area is 131 Å². The van der Waals surface area contributed by atoms with Gasteiger partial charge in [-0.25, -0.2) is 8.42 Å². The Morgan fingerprint density at radius 3 is 1.83 bits per heavy atom. The topological polar surface area (TPSA) is 70.9 Å². The van der Waals surface area contributed by atoms with Gasteiger partial charge in [-0.2, -0.15) is 17.6 Å².